The van der Waals surface area contributed by atoms with E-state index in [-0.39, 0.29) is 11.9 Å². The number of amides is 1. The number of hydrogen-bond acceptors (Lipinski definition) is 5. The van der Waals surface area contributed by atoms with E-state index in [1.54, 1.807) is 11.3 Å². The van der Waals surface area contributed by atoms with Crippen molar-refractivity contribution in [2.45, 2.75) is 47.1 Å². The Morgan fingerprint density at radius 2 is 1.70 bits per heavy atom. The fraction of sp³-hybridized carbons (Fsp3) is 0.226. The number of nitrogens with one attached hydrogen (secondary N) is 1. The average Bonchev–Trinajstić information content (AvgIpc) is 3.45. The van der Waals surface area contributed by atoms with Crippen LogP contribution in [0, 0.1) is 0 Å². The van der Waals surface area contributed by atoms with Gasteiger partial charge >= 0.3 is 5.97 Å². The molecule has 0 saturated carbocycles. The minimum atomic E-state index is -0.242. The van der Waals surface area contributed by atoms with Crippen LogP contribution in [0.4, 0.5) is 11.4 Å². The van der Waals surface area contributed by atoms with E-state index < -0.39 is 0 Å². The van der Waals surface area contributed by atoms with Crippen LogP contribution in [-0.2, 0) is 20.9 Å². The summed E-state index contributed by atoms with van der Waals surface area (Å²) in [5.41, 5.74) is 9.35. The largest absolute Gasteiger partial charge is 0.461 e. The lowest BCUT2D eigenvalue weighted by Crippen LogP contribution is -2.11. The predicted octanol–water partition coefficient (Wildman–Crippen LogP) is 8.18. The van der Waals surface area contributed by atoms with Crippen molar-refractivity contribution in [2.75, 3.05) is 11.1 Å². The van der Waals surface area contributed by atoms with Gasteiger partial charge in [-0.2, -0.15) is 0 Å². The SMILES string of the molecule is C/C=C\C/C=C\C=C\CC(=O)Nc1ccc(-c2cccs2)cc1N.CC.CC(=O)OCc1ccccc1. The normalized spacial score (nSPS) is 10.5. The first kappa shape index (κ1) is 31.1. The van der Waals surface area contributed by atoms with Crippen molar-refractivity contribution in [3.8, 4) is 10.4 Å². The van der Waals surface area contributed by atoms with E-state index in [1.165, 1.54) is 6.92 Å². The number of hydrogen-bond donors (Lipinski definition) is 2. The van der Waals surface area contributed by atoms with Gasteiger partial charge in [-0.25, -0.2) is 0 Å². The van der Waals surface area contributed by atoms with Gasteiger partial charge in [0, 0.05) is 18.2 Å². The quantitative estimate of drug-likeness (QED) is 0.129. The maximum absolute atomic E-state index is 12.0. The van der Waals surface area contributed by atoms with Gasteiger partial charge in [-0.3, -0.25) is 9.59 Å². The second-order valence-corrected chi connectivity index (χ2v) is 8.41. The summed E-state index contributed by atoms with van der Waals surface area (Å²) in [7, 11) is 0. The fourth-order valence-corrected chi connectivity index (χ4v) is 3.58. The van der Waals surface area contributed by atoms with Gasteiger partial charge in [0.15, 0.2) is 0 Å². The Balaban J connectivity index is 0.000000439. The molecule has 37 heavy (non-hydrogen) atoms. The first-order valence-electron chi connectivity index (χ1n) is 12.3. The molecule has 0 atom stereocenters. The lowest BCUT2D eigenvalue weighted by Gasteiger charge is -2.08. The number of nitrogen functional groups attached to an aromatic ring is 1. The van der Waals surface area contributed by atoms with E-state index in [0.717, 1.165) is 22.4 Å². The molecule has 0 radical (unpaired) electrons. The highest BCUT2D eigenvalue weighted by molar-refractivity contribution is 7.13. The Morgan fingerprint density at radius 3 is 2.32 bits per heavy atom. The van der Waals surface area contributed by atoms with Crippen molar-refractivity contribution in [1.82, 2.24) is 0 Å². The van der Waals surface area contributed by atoms with Gasteiger partial charge in [-0.1, -0.05) is 92.8 Å². The van der Waals surface area contributed by atoms with Crippen molar-refractivity contribution in [2.24, 2.45) is 0 Å². The van der Waals surface area contributed by atoms with Crippen LogP contribution in [0.1, 0.15) is 46.1 Å². The van der Waals surface area contributed by atoms with Crippen molar-refractivity contribution in [3.63, 3.8) is 0 Å². The van der Waals surface area contributed by atoms with Gasteiger partial charge in [-0.15, -0.1) is 11.3 Å². The number of allylic oxidation sites excluding steroid dienone is 5. The first-order chi connectivity index (χ1) is 18.0. The van der Waals surface area contributed by atoms with Crippen LogP contribution in [0.15, 0.2) is 102 Å². The van der Waals surface area contributed by atoms with Crippen LogP contribution in [0.3, 0.4) is 0 Å². The van der Waals surface area contributed by atoms with Crippen LogP contribution < -0.4 is 11.1 Å². The summed E-state index contributed by atoms with van der Waals surface area (Å²) < 4.78 is 4.79. The van der Waals surface area contributed by atoms with Crippen molar-refractivity contribution >= 4 is 34.6 Å². The Kier molecular flexibility index (Phi) is 16.2. The summed E-state index contributed by atoms with van der Waals surface area (Å²) in [5.74, 6) is -0.322. The number of thiophene rings is 1. The third-order valence-corrected chi connectivity index (χ3v) is 5.53. The molecule has 0 unspecified atom stereocenters. The van der Waals surface area contributed by atoms with Gasteiger partial charge in [-0.05, 0) is 48.1 Å². The summed E-state index contributed by atoms with van der Waals surface area (Å²) in [4.78, 5) is 23.5. The lowest BCUT2D eigenvalue weighted by atomic mass is 10.1. The van der Waals surface area contributed by atoms with Crippen molar-refractivity contribution in [3.05, 3.63) is 108 Å². The Labute approximate surface area is 225 Å². The van der Waals surface area contributed by atoms with Crippen LogP contribution in [0.25, 0.3) is 10.4 Å². The summed E-state index contributed by atoms with van der Waals surface area (Å²) in [6.45, 7) is 7.77. The number of carbonyl (C=O) groups is 2. The highest BCUT2D eigenvalue weighted by Crippen LogP contribution is 2.29. The summed E-state index contributed by atoms with van der Waals surface area (Å²) in [6.07, 6.45) is 13.0. The molecule has 2 aromatic carbocycles. The van der Waals surface area contributed by atoms with Gasteiger partial charge in [0.1, 0.15) is 6.61 Å². The number of nitrogens with two attached hydrogens (primary N) is 1. The number of benzene rings is 2. The minimum Gasteiger partial charge on any atom is -0.461 e. The summed E-state index contributed by atoms with van der Waals surface area (Å²) >= 11 is 1.66. The molecule has 1 aromatic heterocycles. The molecule has 0 aliphatic rings. The maximum atomic E-state index is 12.0. The number of carbonyl (C=O) groups excluding carboxylic acids is 2. The smallest absolute Gasteiger partial charge is 0.302 e. The van der Waals surface area contributed by atoms with Crippen molar-refractivity contribution in [1.29, 1.82) is 0 Å². The van der Waals surface area contributed by atoms with Crippen molar-refractivity contribution < 1.29 is 14.3 Å². The number of esters is 1. The maximum Gasteiger partial charge on any atom is 0.302 e. The molecule has 3 N–H and O–H groups in total. The summed E-state index contributed by atoms with van der Waals surface area (Å²) in [5, 5.41) is 4.88. The molecular weight excluding hydrogens is 480 g/mol. The lowest BCUT2D eigenvalue weighted by molar-refractivity contribution is -0.142. The Bertz CT molecular complexity index is 1130. The monoisotopic (exact) mass is 518 g/mol. The third kappa shape index (κ3) is 13.7. The topological polar surface area (TPSA) is 81.4 Å². The van der Waals surface area contributed by atoms with E-state index in [2.05, 4.69) is 11.4 Å². The molecule has 0 spiro atoms. The molecule has 5 nitrogen and oxygen atoms in total. The Hall–Kier alpha value is -3.90. The second-order valence-electron chi connectivity index (χ2n) is 7.46. The first-order valence-corrected chi connectivity index (χ1v) is 13.2. The average molecular weight is 519 g/mol. The molecule has 1 heterocycles. The van der Waals surface area contributed by atoms with Crippen LogP contribution >= 0.6 is 11.3 Å². The van der Waals surface area contributed by atoms with Gasteiger partial charge < -0.3 is 15.8 Å². The van der Waals surface area contributed by atoms with E-state index >= 15 is 0 Å². The molecule has 0 saturated heterocycles. The van der Waals surface area contributed by atoms with Gasteiger partial charge in [0.2, 0.25) is 5.91 Å². The molecule has 196 valence electrons. The van der Waals surface area contributed by atoms with E-state index in [1.807, 2.05) is 117 Å². The van der Waals surface area contributed by atoms with Gasteiger partial charge in [0.05, 0.1) is 11.4 Å². The van der Waals surface area contributed by atoms with Crippen LogP contribution in [0.2, 0.25) is 0 Å². The fourth-order valence-electron chi connectivity index (χ4n) is 2.86. The number of anilines is 2. The molecule has 0 aliphatic heterocycles. The molecule has 6 heteroatoms. The van der Waals surface area contributed by atoms with Gasteiger partial charge in [0.25, 0.3) is 0 Å². The minimum absolute atomic E-state index is 0.0799. The highest BCUT2D eigenvalue weighted by Gasteiger charge is 2.06. The standard InChI is InChI=1S/C20H22N2OS.C9H10O2.C2H6/c1-2-3-4-5-6-7-8-11-20(23)22-18-13-12-16(15-17(18)21)19-10-9-14-24-19;1-8(10)11-7-9-5-3-2-4-6-9;1-2/h2-3,5-10,12-15H,4,11,21H2,1H3,(H,22,23);2-6H,7H2,1H3;1-2H3/b3-2-,6-5-,8-7+;;. The van der Waals surface area contributed by atoms with Crippen LogP contribution in [-0.4, -0.2) is 11.9 Å². The summed E-state index contributed by atoms with van der Waals surface area (Å²) in [6, 6.07) is 19.4. The number of rotatable bonds is 9. The van der Waals surface area contributed by atoms with Crippen LogP contribution in [0.5, 0.6) is 0 Å². The molecule has 0 fully saturated rings. The predicted molar refractivity (Wildman–Crippen MR) is 158 cm³/mol. The van der Waals surface area contributed by atoms with E-state index in [9.17, 15) is 9.59 Å². The Morgan fingerprint density at radius 1 is 0.973 bits per heavy atom. The zero-order valence-corrected chi connectivity index (χ0v) is 23.0. The molecule has 0 bridgehead atoms. The van der Waals surface area contributed by atoms with E-state index in [0.29, 0.717) is 24.4 Å². The van der Waals surface area contributed by atoms with E-state index in [4.69, 9.17) is 10.5 Å². The number of ether oxygens (including phenoxy) is 1. The molecule has 0 aliphatic carbocycles. The molecular formula is C31H38N2O3S. The second kappa shape index (κ2) is 19.3. The zero-order valence-electron chi connectivity index (χ0n) is 22.1. The highest BCUT2D eigenvalue weighted by atomic mass is 32.1. The molecule has 3 aromatic rings. The zero-order chi connectivity index (χ0) is 27.3. The molecule has 3 rings (SSSR count). The third-order valence-electron chi connectivity index (χ3n) is 4.61. The molecule has 1 amide bonds.